The second kappa shape index (κ2) is 9.43. The number of aromatic nitrogens is 2. The minimum Gasteiger partial charge on any atom is -0.444 e. The molecule has 2 aliphatic carbocycles. The Balaban J connectivity index is 0.00000101. The molecular formula is C23H37N5O4. The number of anilines is 1. The second-order valence-corrected chi connectivity index (χ2v) is 9.72. The Labute approximate surface area is 192 Å². The molecule has 0 bridgehead atoms. The number of allylic oxidation sites excluding steroid dienone is 2. The van der Waals surface area contributed by atoms with Crippen LogP contribution in [0.3, 0.4) is 0 Å². The fraction of sp³-hybridized carbons (Fsp3) is 0.652. The number of amides is 1. The van der Waals surface area contributed by atoms with Crippen molar-refractivity contribution in [3.63, 3.8) is 0 Å². The van der Waals surface area contributed by atoms with Crippen LogP contribution in [0.4, 0.5) is 10.6 Å². The van der Waals surface area contributed by atoms with Crippen molar-refractivity contribution in [1.82, 2.24) is 15.3 Å². The number of aryl methyl sites for hydroxylation is 1. The van der Waals surface area contributed by atoms with E-state index in [1.807, 2.05) is 41.5 Å². The van der Waals surface area contributed by atoms with Crippen LogP contribution in [0, 0.1) is 17.9 Å². The lowest BCUT2D eigenvalue weighted by Crippen LogP contribution is -2.50. The van der Waals surface area contributed by atoms with Crippen molar-refractivity contribution in [2.24, 2.45) is 18.4 Å². The maximum atomic E-state index is 12.8. The molecule has 1 aromatic heterocycles. The van der Waals surface area contributed by atoms with Crippen LogP contribution >= 0.6 is 0 Å². The number of hydroxylamine groups is 1. The summed E-state index contributed by atoms with van der Waals surface area (Å²) in [6.07, 6.45) is 2.73. The minimum atomic E-state index is -0.642. The van der Waals surface area contributed by atoms with Gasteiger partial charge in [-0.2, -0.15) is 5.10 Å². The second-order valence-electron chi connectivity index (χ2n) is 9.72. The number of ether oxygens (including phenoxy) is 1. The van der Waals surface area contributed by atoms with E-state index in [9.17, 15) is 9.59 Å². The third-order valence-electron chi connectivity index (χ3n) is 5.93. The Morgan fingerprint density at radius 3 is 2.50 bits per heavy atom. The molecule has 178 valence electrons. The van der Waals surface area contributed by atoms with Crippen molar-refractivity contribution < 1.29 is 20.9 Å². The van der Waals surface area contributed by atoms with Gasteiger partial charge in [-0.1, -0.05) is 34.2 Å². The smallest absolute Gasteiger partial charge is 0.413 e. The molecule has 0 fully saturated rings. The zero-order chi connectivity index (χ0) is 25.8. The van der Waals surface area contributed by atoms with Gasteiger partial charge in [0.2, 0.25) is 5.70 Å². The van der Waals surface area contributed by atoms with E-state index < -0.39 is 22.5 Å². The quantitative estimate of drug-likeness (QED) is 0.437. The van der Waals surface area contributed by atoms with Crippen molar-refractivity contribution in [1.29, 1.82) is 0 Å². The van der Waals surface area contributed by atoms with Gasteiger partial charge in [0.25, 0.3) is 0 Å². The lowest BCUT2D eigenvalue weighted by molar-refractivity contribution is -0.128. The normalized spacial score (nSPS) is 23.4. The largest absolute Gasteiger partial charge is 0.444 e. The van der Waals surface area contributed by atoms with E-state index in [0.29, 0.717) is 12.2 Å². The average molecular weight is 450 g/mol. The summed E-state index contributed by atoms with van der Waals surface area (Å²) in [6.45, 7) is 18.8. The Morgan fingerprint density at radius 2 is 2.00 bits per heavy atom. The molecule has 1 heterocycles. The monoisotopic (exact) mass is 449 g/mol. The summed E-state index contributed by atoms with van der Waals surface area (Å²) < 4.78 is 12.8. The maximum Gasteiger partial charge on any atom is 0.413 e. The van der Waals surface area contributed by atoms with E-state index >= 15 is 0 Å². The number of hydrogen-bond acceptors (Lipinski definition) is 6. The van der Waals surface area contributed by atoms with Gasteiger partial charge < -0.3 is 14.7 Å². The molecule has 0 radical (unpaired) electrons. The van der Waals surface area contributed by atoms with Gasteiger partial charge in [0.15, 0.2) is 5.78 Å². The number of carbonyl (C=O) groups excluding carboxylic acids is 2. The van der Waals surface area contributed by atoms with E-state index in [2.05, 4.69) is 10.2 Å². The van der Waals surface area contributed by atoms with Gasteiger partial charge in [-0.15, -0.1) is 0 Å². The Hall–Kier alpha value is -2.70. The Morgan fingerprint density at radius 1 is 1.44 bits per heavy atom. The van der Waals surface area contributed by atoms with Gasteiger partial charge in [0.1, 0.15) is 11.4 Å². The molecule has 1 aromatic rings. The van der Waals surface area contributed by atoms with Gasteiger partial charge in [0, 0.05) is 31.9 Å². The van der Waals surface area contributed by atoms with Crippen LogP contribution in [0.15, 0.2) is 11.8 Å². The highest BCUT2D eigenvalue weighted by Gasteiger charge is 2.55. The van der Waals surface area contributed by atoms with Crippen LogP contribution in [0.5, 0.6) is 0 Å². The van der Waals surface area contributed by atoms with Crippen LogP contribution < -0.4 is 10.8 Å². The number of hydrogen-bond donors (Lipinski definition) is 3. The zero-order valence-electron chi connectivity index (χ0n) is 21.6. The van der Waals surface area contributed by atoms with Crippen molar-refractivity contribution in [3.05, 3.63) is 34.4 Å². The molecule has 0 saturated carbocycles. The van der Waals surface area contributed by atoms with E-state index in [0.717, 1.165) is 17.7 Å². The van der Waals surface area contributed by atoms with Gasteiger partial charge in [-0.25, -0.2) is 15.1 Å². The van der Waals surface area contributed by atoms with Crippen LogP contribution in [-0.2, 0) is 28.4 Å². The first-order valence-electron chi connectivity index (χ1n) is 11.2. The molecule has 32 heavy (non-hydrogen) atoms. The highest BCUT2D eigenvalue weighted by molar-refractivity contribution is 6.02. The standard InChI is InChI=1S/C21H28N4O3.CH5NO.CH4/c1-19(2,3)28-18(27)23-17-12-9-10-14-20(4,5)16(26)13(22-7)11-21(14,6)15(12)24-25(17)8;1-2-3;/h11,14H,9-10H2,1-6,8H3,(H,23,27);2-3H,1H3;1H4/t14-,21-;;/m0../s1/i;;1T. The summed E-state index contributed by atoms with van der Waals surface area (Å²) in [7, 11) is 4.46. The molecular weight excluding hydrogens is 410 g/mol. The van der Waals surface area contributed by atoms with Crippen molar-refractivity contribution in [2.45, 2.75) is 72.8 Å². The molecule has 0 spiro atoms. The lowest BCUT2D eigenvalue weighted by Gasteiger charge is -2.49. The maximum absolute atomic E-state index is 12.8. The highest BCUT2D eigenvalue weighted by Crippen LogP contribution is 2.55. The molecule has 0 aliphatic heterocycles. The average Bonchev–Trinajstić information content (AvgIpc) is 3.02. The van der Waals surface area contributed by atoms with Gasteiger partial charge in [0.05, 0.1) is 12.3 Å². The van der Waals surface area contributed by atoms with Crippen molar-refractivity contribution in [2.75, 3.05) is 12.4 Å². The predicted octanol–water partition coefficient (Wildman–Crippen LogP) is 4.23. The fourth-order valence-corrected chi connectivity index (χ4v) is 4.75. The molecule has 9 nitrogen and oxygen atoms in total. The minimum absolute atomic E-state index is 0.0368. The molecule has 3 N–H and O–H groups in total. The number of rotatable bonds is 1. The Bertz CT molecular complexity index is 955. The predicted molar refractivity (Wildman–Crippen MR) is 123 cm³/mol. The molecule has 0 unspecified atom stereocenters. The SMILES string of the molecule is CNO.[3H]C.[C-]#[N+]C1=C[C@]2(C)c3nn(C)c(NC(=O)OC(C)(C)C)c3CC[C@H]2C(C)(C)C1=O. The fourth-order valence-electron chi connectivity index (χ4n) is 4.75. The van der Waals surface area contributed by atoms with Crippen molar-refractivity contribution in [3.8, 4) is 0 Å². The summed E-state index contributed by atoms with van der Waals surface area (Å²) >= 11 is 0. The number of carbonyl (C=O) groups is 2. The number of nitrogens with zero attached hydrogens (tertiary/aromatic N) is 3. The summed E-state index contributed by atoms with van der Waals surface area (Å²) in [6, 6.07) is 0. The first-order valence-corrected chi connectivity index (χ1v) is 10.2. The molecule has 0 aromatic carbocycles. The summed E-state index contributed by atoms with van der Waals surface area (Å²) in [5, 5.41) is 14.9. The number of nitrogens with one attached hydrogen (secondary N) is 2. The van der Waals surface area contributed by atoms with Crippen LogP contribution in [0.25, 0.3) is 4.85 Å². The first kappa shape index (κ1) is 25.6. The lowest BCUT2D eigenvalue weighted by atomic mass is 9.53. The van der Waals surface area contributed by atoms with Crippen LogP contribution in [-0.4, -0.2) is 39.5 Å². The number of ketones is 1. The summed E-state index contributed by atoms with van der Waals surface area (Å²) in [5.41, 5.74) is 1.90. The molecule has 2 aliphatic rings. The number of Topliss-reactive ketones (excluding diaryl/α,β-unsaturated/α-hetero) is 1. The van der Waals surface area contributed by atoms with Gasteiger partial charge in [-0.3, -0.25) is 10.00 Å². The highest BCUT2D eigenvalue weighted by atomic mass is 16.6. The van der Waals surface area contributed by atoms with Crippen LogP contribution in [0.1, 0.15) is 68.0 Å². The Kier molecular flexibility index (Phi) is 7.53. The molecule has 2 atom stereocenters. The van der Waals surface area contributed by atoms with E-state index in [-0.39, 0.29) is 17.4 Å². The van der Waals surface area contributed by atoms with E-state index in [1.54, 1.807) is 23.3 Å². The molecule has 3 rings (SSSR count). The van der Waals surface area contributed by atoms with Crippen LogP contribution in [0.2, 0.25) is 0 Å². The van der Waals surface area contributed by atoms with Crippen molar-refractivity contribution >= 4 is 17.7 Å². The molecule has 0 saturated heterocycles. The topological polar surface area (TPSA) is 110 Å². The molecule has 1 amide bonds. The number of fused-ring (bicyclic) bond motifs is 3. The van der Waals surface area contributed by atoms with E-state index in [1.165, 1.54) is 14.5 Å². The van der Waals surface area contributed by atoms with Gasteiger partial charge in [-0.05, 0) is 39.5 Å². The third kappa shape index (κ3) is 4.87. The third-order valence-corrected chi connectivity index (χ3v) is 5.93. The molecule has 9 heteroatoms. The summed E-state index contributed by atoms with van der Waals surface area (Å²) in [4.78, 5) is 28.5. The summed E-state index contributed by atoms with van der Waals surface area (Å²) in [5.74, 6) is 0.544. The van der Waals surface area contributed by atoms with Gasteiger partial charge >= 0.3 is 6.09 Å². The first-order chi connectivity index (χ1) is 15.2. The zero-order valence-corrected chi connectivity index (χ0v) is 20.6. The van der Waals surface area contributed by atoms with E-state index in [4.69, 9.17) is 23.0 Å².